The van der Waals surface area contributed by atoms with Crippen molar-refractivity contribution in [1.82, 2.24) is 4.90 Å². The van der Waals surface area contributed by atoms with E-state index >= 15 is 0 Å². The van der Waals surface area contributed by atoms with Crippen LogP contribution < -0.4 is 0 Å². The van der Waals surface area contributed by atoms with Gasteiger partial charge in [-0.3, -0.25) is 4.79 Å². The number of carboxylic acids is 1. The summed E-state index contributed by atoms with van der Waals surface area (Å²) in [5.41, 5.74) is -0.237. The molecule has 94 valence electrons. The third-order valence-corrected chi connectivity index (χ3v) is 3.93. The number of aryl methyl sites for hydroxylation is 1. The molecule has 1 N–H and O–H groups in total. The van der Waals surface area contributed by atoms with E-state index in [4.69, 9.17) is 5.11 Å². The normalized spacial score (nSPS) is 11.3. The van der Waals surface area contributed by atoms with Gasteiger partial charge in [-0.05, 0) is 37.3 Å². The molecule has 4 nitrogen and oxygen atoms in total. The predicted molar refractivity (Wildman–Crippen MR) is 67.5 cm³/mol. The van der Waals surface area contributed by atoms with Crippen LogP contribution in [0.2, 0.25) is 0 Å². The number of amides is 1. The fourth-order valence-electron chi connectivity index (χ4n) is 1.35. The van der Waals surface area contributed by atoms with E-state index in [-0.39, 0.29) is 5.91 Å². The molecule has 0 aromatic carbocycles. The van der Waals surface area contributed by atoms with Crippen molar-refractivity contribution in [1.29, 1.82) is 0 Å². The molecule has 0 unspecified atom stereocenters. The first-order valence-corrected chi connectivity index (χ1v) is 6.28. The molecule has 1 aromatic rings. The molecule has 1 aromatic heterocycles. The lowest BCUT2D eigenvalue weighted by atomic mass is 10.0. The second-order valence-electron chi connectivity index (χ2n) is 4.36. The minimum Gasteiger partial charge on any atom is -0.480 e. The van der Waals surface area contributed by atoms with Gasteiger partial charge >= 0.3 is 5.97 Å². The molecule has 0 bridgehead atoms. The van der Waals surface area contributed by atoms with Gasteiger partial charge in [0, 0.05) is 7.05 Å². The van der Waals surface area contributed by atoms with Crippen molar-refractivity contribution in [2.24, 2.45) is 0 Å². The van der Waals surface area contributed by atoms with Crippen molar-refractivity contribution in [2.45, 2.75) is 32.7 Å². The molecule has 17 heavy (non-hydrogen) atoms. The van der Waals surface area contributed by atoms with Crippen molar-refractivity contribution in [2.75, 3.05) is 7.05 Å². The summed E-state index contributed by atoms with van der Waals surface area (Å²) in [7, 11) is 1.52. The van der Waals surface area contributed by atoms with Crippen LogP contribution in [0, 0.1) is 0 Å². The SMILES string of the molecule is CCc1ccsc1C(=O)N(C)C(C)(C)C(=O)O. The van der Waals surface area contributed by atoms with Crippen molar-refractivity contribution < 1.29 is 14.7 Å². The summed E-state index contributed by atoms with van der Waals surface area (Å²) in [6, 6.07) is 1.90. The molecule has 0 atom stereocenters. The Balaban J connectivity index is 3.02. The summed E-state index contributed by atoms with van der Waals surface area (Å²) in [5, 5.41) is 10.9. The lowest BCUT2D eigenvalue weighted by Crippen LogP contribution is -2.50. The topological polar surface area (TPSA) is 57.6 Å². The van der Waals surface area contributed by atoms with Gasteiger partial charge in [-0.15, -0.1) is 11.3 Å². The summed E-state index contributed by atoms with van der Waals surface area (Å²) in [6.07, 6.45) is 0.770. The molecule has 0 saturated heterocycles. The van der Waals surface area contributed by atoms with Crippen LogP contribution in [0.5, 0.6) is 0 Å². The van der Waals surface area contributed by atoms with Crippen molar-refractivity contribution in [3.63, 3.8) is 0 Å². The molecule has 0 fully saturated rings. The Kier molecular flexibility index (Phi) is 3.93. The Morgan fingerprint density at radius 2 is 2.06 bits per heavy atom. The summed E-state index contributed by atoms with van der Waals surface area (Å²) in [6.45, 7) is 5.01. The Labute approximate surface area is 105 Å². The highest BCUT2D eigenvalue weighted by molar-refractivity contribution is 7.12. The Morgan fingerprint density at radius 3 is 2.53 bits per heavy atom. The minimum absolute atomic E-state index is 0.232. The van der Waals surface area contributed by atoms with E-state index in [1.54, 1.807) is 0 Å². The average molecular weight is 255 g/mol. The second kappa shape index (κ2) is 4.87. The molecule has 1 rings (SSSR count). The Hall–Kier alpha value is -1.36. The number of carboxylic acid groups (broad SMARTS) is 1. The fourth-order valence-corrected chi connectivity index (χ4v) is 2.32. The predicted octanol–water partition coefficient (Wildman–Crippen LogP) is 2.25. The summed E-state index contributed by atoms with van der Waals surface area (Å²) in [4.78, 5) is 25.2. The van der Waals surface area contributed by atoms with Gasteiger partial charge in [0.05, 0.1) is 4.88 Å². The fraction of sp³-hybridized carbons (Fsp3) is 0.500. The van der Waals surface area contributed by atoms with Crippen LogP contribution in [-0.4, -0.2) is 34.5 Å². The van der Waals surface area contributed by atoms with Gasteiger partial charge in [0.25, 0.3) is 5.91 Å². The number of carbonyl (C=O) groups excluding carboxylic acids is 1. The van der Waals surface area contributed by atoms with Crippen LogP contribution in [0.3, 0.4) is 0 Å². The lowest BCUT2D eigenvalue weighted by Gasteiger charge is -2.31. The number of hydrogen-bond acceptors (Lipinski definition) is 3. The van der Waals surface area contributed by atoms with E-state index in [2.05, 4.69) is 0 Å². The van der Waals surface area contributed by atoms with Gasteiger partial charge in [-0.25, -0.2) is 4.79 Å². The number of likely N-dealkylation sites (N-methyl/N-ethyl adjacent to an activating group) is 1. The highest BCUT2D eigenvalue weighted by Gasteiger charge is 2.36. The van der Waals surface area contributed by atoms with Gasteiger partial charge in [0.15, 0.2) is 0 Å². The van der Waals surface area contributed by atoms with Gasteiger partial charge in [-0.1, -0.05) is 6.92 Å². The molecule has 0 saturated carbocycles. The smallest absolute Gasteiger partial charge is 0.329 e. The molecule has 1 heterocycles. The number of nitrogens with zero attached hydrogens (tertiary/aromatic N) is 1. The molecule has 0 spiro atoms. The Bertz CT molecular complexity index is 437. The number of rotatable bonds is 4. The van der Waals surface area contributed by atoms with Crippen LogP contribution in [0.1, 0.15) is 36.0 Å². The van der Waals surface area contributed by atoms with Gasteiger partial charge in [0.1, 0.15) is 5.54 Å². The van der Waals surface area contributed by atoms with Crippen LogP contribution in [-0.2, 0) is 11.2 Å². The maximum absolute atomic E-state index is 12.2. The number of thiophene rings is 1. The molecular weight excluding hydrogens is 238 g/mol. The summed E-state index contributed by atoms with van der Waals surface area (Å²) >= 11 is 1.35. The van der Waals surface area contributed by atoms with E-state index in [1.165, 1.54) is 37.1 Å². The molecule has 5 heteroatoms. The van der Waals surface area contributed by atoms with E-state index in [0.717, 1.165) is 12.0 Å². The summed E-state index contributed by atoms with van der Waals surface area (Å²) in [5.74, 6) is -1.24. The third kappa shape index (κ3) is 2.49. The first-order valence-electron chi connectivity index (χ1n) is 5.40. The van der Waals surface area contributed by atoms with Crippen LogP contribution in [0.15, 0.2) is 11.4 Å². The van der Waals surface area contributed by atoms with E-state index < -0.39 is 11.5 Å². The number of hydrogen-bond donors (Lipinski definition) is 1. The second-order valence-corrected chi connectivity index (χ2v) is 5.27. The standard InChI is InChI=1S/C12H17NO3S/c1-5-8-6-7-17-9(8)10(14)13(4)12(2,3)11(15)16/h6-7H,5H2,1-4H3,(H,15,16). The highest BCUT2D eigenvalue weighted by Crippen LogP contribution is 2.23. The maximum atomic E-state index is 12.2. The molecule has 0 aliphatic carbocycles. The quantitative estimate of drug-likeness (QED) is 0.897. The van der Waals surface area contributed by atoms with Crippen molar-refractivity contribution in [3.8, 4) is 0 Å². The lowest BCUT2D eigenvalue weighted by molar-refractivity contribution is -0.147. The zero-order chi connectivity index (χ0) is 13.2. The summed E-state index contributed by atoms with van der Waals surface area (Å²) < 4.78 is 0. The van der Waals surface area contributed by atoms with Gasteiger partial charge < -0.3 is 10.0 Å². The average Bonchev–Trinajstić information content (AvgIpc) is 2.74. The monoisotopic (exact) mass is 255 g/mol. The first kappa shape index (κ1) is 13.7. The van der Waals surface area contributed by atoms with Crippen molar-refractivity contribution >= 4 is 23.2 Å². The van der Waals surface area contributed by atoms with E-state index in [1.807, 2.05) is 18.4 Å². The van der Waals surface area contributed by atoms with E-state index in [9.17, 15) is 9.59 Å². The largest absolute Gasteiger partial charge is 0.480 e. The maximum Gasteiger partial charge on any atom is 0.329 e. The number of carbonyl (C=O) groups is 2. The highest BCUT2D eigenvalue weighted by atomic mass is 32.1. The molecular formula is C12H17NO3S. The third-order valence-electron chi connectivity index (χ3n) is 2.99. The zero-order valence-electron chi connectivity index (χ0n) is 10.5. The molecule has 0 radical (unpaired) electrons. The van der Waals surface area contributed by atoms with Crippen molar-refractivity contribution in [3.05, 3.63) is 21.9 Å². The van der Waals surface area contributed by atoms with E-state index in [0.29, 0.717) is 4.88 Å². The molecule has 0 aliphatic heterocycles. The van der Waals surface area contributed by atoms with Gasteiger partial charge in [-0.2, -0.15) is 0 Å². The Morgan fingerprint density at radius 1 is 1.47 bits per heavy atom. The minimum atomic E-state index is -1.20. The zero-order valence-corrected chi connectivity index (χ0v) is 11.3. The first-order chi connectivity index (χ1) is 7.82. The van der Waals surface area contributed by atoms with Gasteiger partial charge in [0.2, 0.25) is 0 Å². The van der Waals surface area contributed by atoms with Crippen LogP contribution in [0.25, 0.3) is 0 Å². The number of aliphatic carboxylic acids is 1. The van der Waals surface area contributed by atoms with Crippen LogP contribution >= 0.6 is 11.3 Å². The van der Waals surface area contributed by atoms with Crippen LogP contribution in [0.4, 0.5) is 0 Å². The molecule has 0 aliphatic rings. The molecule has 1 amide bonds.